The van der Waals surface area contributed by atoms with Crippen LogP contribution >= 0.6 is 0 Å². The molecule has 0 aliphatic heterocycles. The van der Waals surface area contributed by atoms with Gasteiger partial charge in [0.05, 0.1) is 0 Å². The third kappa shape index (κ3) is 6.93. The van der Waals surface area contributed by atoms with Crippen LogP contribution in [-0.4, -0.2) is 32.4 Å². The van der Waals surface area contributed by atoms with Crippen LogP contribution in [0.15, 0.2) is 117 Å². The van der Waals surface area contributed by atoms with E-state index in [1.165, 1.54) is 24.3 Å². The number of hydrogen-bond donors (Lipinski definition) is 4. The number of phenols is 4. The van der Waals surface area contributed by atoms with E-state index in [4.69, 9.17) is 0 Å². The Morgan fingerprint density at radius 1 is 0.353 bits per heavy atom. The molecular formula is C26H20N4O4. The van der Waals surface area contributed by atoms with E-state index in [0.29, 0.717) is 22.7 Å². The summed E-state index contributed by atoms with van der Waals surface area (Å²) in [5.74, 6) is 0.250. The number of rotatable bonds is 4. The van der Waals surface area contributed by atoms with Crippen LogP contribution in [0.2, 0.25) is 0 Å². The molecule has 0 saturated carbocycles. The minimum absolute atomic E-state index is 0.0625. The summed E-state index contributed by atoms with van der Waals surface area (Å²) >= 11 is 0. The molecular weight excluding hydrogens is 432 g/mol. The minimum atomic E-state index is 0.0625. The van der Waals surface area contributed by atoms with Crippen molar-refractivity contribution in [2.75, 3.05) is 0 Å². The van der Waals surface area contributed by atoms with Crippen molar-refractivity contribution in [3.63, 3.8) is 0 Å². The molecule has 4 N–H and O–H groups in total. The molecule has 0 saturated heterocycles. The number of hydrogen-bond acceptors (Lipinski definition) is 8. The van der Waals surface area contributed by atoms with E-state index in [9.17, 15) is 20.4 Å². The van der Waals surface area contributed by atoms with Gasteiger partial charge >= 0.3 is 0 Å². The average molecular weight is 452 g/mol. The Balaban J connectivity index is 0.000000191. The molecule has 0 bridgehead atoms. The normalized spacial score (nSPS) is 9.41. The largest absolute Gasteiger partial charge is 0.506 e. The average Bonchev–Trinajstić information content (AvgIpc) is 2.84. The lowest BCUT2D eigenvalue weighted by Gasteiger charge is -1.94. The predicted octanol–water partition coefficient (Wildman–Crippen LogP) is 6.47. The van der Waals surface area contributed by atoms with E-state index in [1.807, 2.05) is 0 Å². The van der Waals surface area contributed by atoms with Crippen molar-refractivity contribution < 1.29 is 20.4 Å². The molecule has 0 aromatic heterocycles. The van der Waals surface area contributed by atoms with Gasteiger partial charge in [0.25, 0.3) is 0 Å². The Morgan fingerprint density at radius 2 is 0.559 bits per heavy atom. The third-order valence-corrected chi connectivity index (χ3v) is 4.21. The predicted molar refractivity (Wildman–Crippen MR) is 131 cm³/mol. The fraction of sp³-hybridized carbons (Fsp3) is 0. The number of para-hydroxylation sites is 8. The van der Waals surface area contributed by atoms with Crippen LogP contribution in [0.5, 0.6) is 23.0 Å². The van der Waals surface area contributed by atoms with Crippen LogP contribution in [0.1, 0.15) is 0 Å². The first-order valence-electron chi connectivity index (χ1n) is 9.99. The van der Waals surface area contributed by atoms with E-state index in [0.717, 1.165) is 0 Å². The molecule has 0 heterocycles. The highest BCUT2D eigenvalue weighted by atomic mass is 16.3. The first-order chi connectivity index (χ1) is 16.5. The van der Waals surface area contributed by atoms with E-state index < -0.39 is 0 Å². The monoisotopic (exact) mass is 452 g/mol. The van der Waals surface area contributed by atoms with Gasteiger partial charge in [-0.05, 0) is 48.5 Å². The van der Waals surface area contributed by atoms with Gasteiger partial charge in [0.15, 0.2) is 0 Å². The van der Waals surface area contributed by atoms with Gasteiger partial charge in [-0.3, -0.25) is 0 Å². The van der Waals surface area contributed by atoms with Crippen LogP contribution in [-0.2, 0) is 0 Å². The molecule has 0 spiro atoms. The Morgan fingerprint density at radius 3 is 0.765 bits per heavy atom. The fourth-order valence-electron chi connectivity index (χ4n) is 2.50. The van der Waals surface area contributed by atoms with Crippen LogP contribution < -0.4 is 0 Å². The molecule has 0 atom stereocenters. The SMILES string of the molecule is Oc1ccccc1N=C=Nc1ccccc1O.Oc1ccccc1N=C=Nc1ccccc1O. The van der Waals surface area contributed by atoms with Gasteiger partial charge in [0, 0.05) is 0 Å². The molecule has 0 amide bonds. The van der Waals surface area contributed by atoms with Crippen molar-refractivity contribution in [1.29, 1.82) is 0 Å². The molecule has 4 rings (SSSR count). The molecule has 8 nitrogen and oxygen atoms in total. The van der Waals surface area contributed by atoms with Crippen molar-refractivity contribution in [3.05, 3.63) is 97.1 Å². The number of aliphatic imine (C=N–C) groups is 4. The van der Waals surface area contributed by atoms with Crippen molar-refractivity contribution in [2.24, 2.45) is 20.0 Å². The Kier molecular flexibility index (Phi) is 8.31. The molecule has 8 heteroatoms. The van der Waals surface area contributed by atoms with Crippen LogP contribution in [0.4, 0.5) is 22.7 Å². The summed E-state index contributed by atoms with van der Waals surface area (Å²) in [6.45, 7) is 0. The second-order valence-corrected chi connectivity index (χ2v) is 6.60. The summed E-state index contributed by atoms with van der Waals surface area (Å²) in [5.41, 5.74) is 1.52. The van der Waals surface area contributed by atoms with Gasteiger partial charge < -0.3 is 20.4 Å². The second-order valence-electron chi connectivity index (χ2n) is 6.60. The molecule has 0 aliphatic carbocycles. The number of nitrogens with zero attached hydrogens (tertiary/aromatic N) is 4. The quantitative estimate of drug-likeness (QED) is 0.264. The van der Waals surface area contributed by atoms with E-state index >= 15 is 0 Å². The van der Waals surface area contributed by atoms with E-state index in [2.05, 4.69) is 32.0 Å². The van der Waals surface area contributed by atoms with E-state index in [1.54, 1.807) is 72.8 Å². The molecule has 4 aromatic rings. The smallest absolute Gasteiger partial charge is 0.142 e. The Bertz CT molecular complexity index is 1180. The van der Waals surface area contributed by atoms with Gasteiger partial charge in [-0.15, -0.1) is 0 Å². The molecule has 34 heavy (non-hydrogen) atoms. The summed E-state index contributed by atoms with van der Waals surface area (Å²) in [6, 6.07) is 31.4. The van der Waals surface area contributed by atoms with Crippen LogP contribution in [0.3, 0.4) is 0 Å². The lowest BCUT2D eigenvalue weighted by molar-refractivity contribution is 0.476. The molecule has 0 fully saturated rings. The van der Waals surface area contributed by atoms with E-state index in [-0.39, 0.29) is 23.0 Å². The first kappa shape index (κ1) is 23.5. The minimum Gasteiger partial charge on any atom is -0.506 e. The van der Waals surface area contributed by atoms with Crippen molar-refractivity contribution in [1.82, 2.24) is 0 Å². The standard InChI is InChI=1S/2C13H10N2O2/c2*16-12-7-3-1-5-10(12)14-9-15-11-6-2-4-8-13(11)17/h2*1-8,16-17H. The molecule has 168 valence electrons. The van der Waals surface area contributed by atoms with Crippen LogP contribution in [0.25, 0.3) is 0 Å². The highest BCUT2D eigenvalue weighted by Crippen LogP contribution is 2.27. The highest BCUT2D eigenvalue weighted by Gasteiger charge is 1.97. The first-order valence-corrected chi connectivity index (χ1v) is 9.99. The van der Waals surface area contributed by atoms with Crippen molar-refractivity contribution in [2.45, 2.75) is 0 Å². The molecule has 0 radical (unpaired) electrons. The highest BCUT2D eigenvalue weighted by molar-refractivity contribution is 5.64. The maximum Gasteiger partial charge on any atom is 0.142 e. The van der Waals surface area contributed by atoms with Crippen LogP contribution in [0, 0.1) is 0 Å². The van der Waals surface area contributed by atoms with Gasteiger partial charge in [0.2, 0.25) is 0 Å². The van der Waals surface area contributed by atoms with Gasteiger partial charge in [0.1, 0.15) is 57.8 Å². The van der Waals surface area contributed by atoms with Crippen molar-refractivity contribution in [3.8, 4) is 23.0 Å². The second kappa shape index (κ2) is 12.0. The number of benzene rings is 4. The van der Waals surface area contributed by atoms with Gasteiger partial charge in [-0.25, -0.2) is 0 Å². The zero-order chi connectivity index (χ0) is 24.2. The summed E-state index contributed by atoms with van der Waals surface area (Å²) < 4.78 is 0. The fourth-order valence-corrected chi connectivity index (χ4v) is 2.50. The molecule has 0 unspecified atom stereocenters. The summed E-state index contributed by atoms with van der Waals surface area (Å²) in [5, 5.41) is 37.8. The number of phenolic OH excluding ortho intramolecular Hbond substituents is 4. The zero-order valence-corrected chi connectivity index (χ0v) is 17.8. The summed E-state index contributed by atoms with van der Waals surface area (Å²) in [4.78, 5) is 15.5. The van der Waals surface area contributed by atoms with Gasteiger partial charge in [-0.1, -0.05) is 48.5 Å². The summed E-state index contributed by atoms with van der Waals surface area (Å²) in [7, 11) is 0. The molecule has 4 aromatic carbocycles. The zero-order valence-electron chi connectivity index (χ0n) is 17.8. The topological polar surface area (TPSA) is 130 Å². The maximum atomic E-state index is 9.44. The maximum absolute atomic E-state index is 9.44. The number of aromatic hydroxyl groups is 4. The lowest BCUT2D eigenvalue weighted by atomic mass is 10.3. The lowest BCUT2D eigenvalue weighted by Crippen LogP contribution is -1.68. The Hall–Kier alpha value is -5.16. The molecule has 0 aliphatic rings. The summed E-state index contributed by atoms with van der Waals surface area (Å²) in [6.07, 6.45) is 0. The third-order valence-electron chi connectivity index (χ3n) is 4.21. The van der Waals surface area contributed by atoms with Gasteiger partial charge in [-0.2, -0.15) is 20.0 Å². The van der Waals surface area contributed by atoms with Crippen molar-refractivity contribution >= 4 is 34.8 Å². The Labute approximate surface area is 195 Å².